The van der Waals surface area contributed by atoms with Gasteiger partial charge in [-0.2, -0.15) is 0 Å². The Hall–Kier alpha value is -2.98. The predicted octanol–water partition coefficient (Wildman–Crippen LogP) is 3.99. The number of nitrogens with two attached hydrogens (primary N) is 1. The second kappa shape index (κ2) is 8.18. The maximum atomic E-state index is 6.26. The zero-order chi connectivity index (χ0) is 20.4. The lowest BCUT2D eigenvalue weighted by atomic mass is 10.2. The highest BCUT2D eigenvalue weighted by Crippen LogP contribution is 2.34. The quantitative estimate of drug-likeness (QED) is 0.348. The van der Waals surface area contributed by atoms with E-state index in [0.717, 1.165) is 21.9 Å². The number of hydrogen-bond acceptors (Lipinski definition) is 9. The van der Waals surface area contributed by atoms with Crippen molar-refractivity contribution in [3.8, 4) is 33.7 Å². The van der Waals surface area contributed by atoms with Gasteiger partial charge in [0, 0.05) is 11.8 Å². The summed E-state index contributed by atoms with van der Waals surface area (Å²) in [5.41, 5.74) is 1.58. The van der Waals surface area contributed by atoms with Crippen molar-refractivity contribution in [1.29, 1.82) is 0 Å². The molecule has 0 fully saturated rings. The van der Waals surface area contributed by atoms with Crippen LogP contribution in [0.2, 0.25) is 0 Å². The lowest BCUT2D eigenvalue weighted by Gasteiger charge is -2.10. The van der Waals surface area contributed by atoms with Crippen molar-refractivity contribution in [2.24, 2.45) is 0 Å². The molecular formula is C19H19N5O3S2. The average Bonchev–Trinajstić information content (AvgIpc) is 3.47. The average molecular weight is 430 g/mol. The zero-order valence-electron chi connectivity index (χ0n) is 16.1. The van der Waals surface area contributed by atoms with Crippen LogP contribution in [0.25, 0.3) is 22.2 Å². The molecule has 0 aliphatic heterocycles. The molecule has 0 saturated carbocycles. The van der Waals surface area contributed by atoms with Crippen LogP contribution in [-0.2, 0) is 5.75 Å². The van der Waals surface area contributed by atoms with Gasteiger partial charge in [-0.05, 0) is 30.5 Å². The standard InChI is InChI=1S/C19H19N5O3S2/c1-11-14(21-18(27-11)16-5-4-8-28-16)10-29-19-23-22-17(24(19)20)13-7-6-12(25-2)9-15(13)26-3/h4-9H,10,20H2,1-3H3. The molecule has 0 atom stereocenters. The molecule has 10 heteroatoms. The lowest BCUT2D eigenvalue weighted by molar-refractivity contribution is 0.395. The monoisotopic (exact) mass is 429 g/mol. The Morgan fingerprint density at radius 2 is 2.07 bits per heavy atom. The van der Waals surface area contributed by atoms with Crippen molar-refractivity contribution < 1.29 is 13.9 Å². The summed E-state index contributed by atoms with van der Waals surface area (Å²) < 4.78 is 17.9. The Bertz CT molecular complexity index is 1120. The van der Waals surface area contributed by atoms with Gasteiger partial charge in [-0.3, -0.25) is 0 Å². The number of rotatable bonds is 7. The van der Waals surface area contributed by atoms with E-state index < -0.39 is 0 Å². The second-order valence-corrected chi connectivity index (χ2v) is 7.92. The van der Waals surface area contributed by atoms with E-state index in [4.69, 9.17) is 19.7 Å². The molecule has 0 aliphatic rings. The number of ether oxygens (including phenoxy) is 2. The van der Waals surface area contributed by atoms with Crippen LogP contribution in [0, 0.1) is 6.92 Å². The van der Waals surface area contributed by atoms with E-state index in [-0.39, 0.29) is 0 Å². The number of hydrogen-bond donors (Lipinski definition) is 1. The molecule has 4 aromatic rings. The molecule has 1 aromatic carbocycles. The van der Waals surface area contributed by atoms with Gasteiger partial charge < -0.3 is 19.7 Å². The van der Waals surface area contributed by atoms with Crippen molar-refractivity contribution in [2.75, 3.05) is 20.1 Å². The number of methoxy groups -OCH3 is 2. The van der Waals surface area contributed by atoms with E-state index in [9.17, 15) is 0 Å². The fourth-order valence-corrected chi connectivity index (χ4v) is 4.25. The van der Waals surface area contributed by atoms with Gasteiger partial charge in [0.25, 0.3) is 0 Å². The van der Waals surface area contributed by atoms with Crippen LogP contribution in [0.5, 0.6) is 11.5 Å². The number of nitrogens with zero attached hydrogens (tertiary/aromatic N) is 4. The minimum Gasteiger partial charge on any atom is -0.497 e. The predicted molar refractivity (Wildman–Crippen MR) is 113 cm³/mol. The number of aryl methyl sites for hydroxylation is 1. The van der Waals surface area contributed by atoms with Crippen LogP contribution in [-0.4, -0.2) is 34.1 Å². The highest BCUT2D eigenvalue weighted by molar-refractivity contribution is 7.98. The molecule has 2 N–H and O–H groups in total. The first-order valence-corrected chi connectivity index (χ1v) is 10.5. The Labute approximate surface area is 175 Å². The molecule has 4 rings (SSSR count). The Balaban J connectivity index is 1.54. The molecule has 3 heterocycles. The number of nitrogen functional groups attached to an aromatic ring is 1. The van der Waals surface area contributed by atoms with E-state index in [1.807, 2.05) is 36.6 Å². The summed E-state index contributed by atoms with van der Waals surface area (Å²) in [4.78, 5) is 5.60. The van der Waals surface area contributed by atoms with Crippen LogP contribution < -0.4 is 15.3 Å². The van der Waals surface area contributed by atoms with Gasteiger partial charge in [0.2, 0.25) is 11.0 Å². The summed E-state index contributed by atoms with van der Waals surface area (Å²) in [6, 6.07) is 9.40. The number of thioether (sulfide) groups is 1. The van der Waals surface area contributed by atoms with Gasteiger partial charge >= 0.3 is 0 Å². The first-order valence-electron chi connectivity index (χ1n) is 8.66. The molecule has 0 spiro atoms. The maximum absolute atomic E-state index is 6.26. The third-order valence-electron chi connectivity index (χ3n) is 4.28. The zero-order valence-corrected chi connectivity index (χ0v) is 17.7. The second-order valence-electron chi connectivity index (χ2n) is 6.03. The van der Waals surface area contributed by atoms with Crippen molar-refractivity contribution in [1.82, 2.24) is 19.9 Å². The van der Waals surface area contributed by atoms with Gasteiger partial charge in [0.15, 0.2) is 5.82 Å². The van der Waals surface area contributed by atoms with E-state index in [2.05, 4.69) is 15.2 Å². The molecule has 0 bridgehead atoms. The fraction of sp³-hybridized carbons (Fsp3) is 0.211. The van der Waals surface area contributed by atoms with Crippen LogP contribution in [0.3, 0.4) is 0 Å². The van der Waals surface area contributed by atoms with E-state index >= 15 is 0 Å². The Morgan fingerprint density at radius 3 is 2.79 bits per heavy atom. The smallest absolute Gasteiger partial charge is 0.236 e. The van der Waals surface area contributed by atoms with Gasteiger partial charge in [-0.15, -0.1) is 21.5 Å². The van der Waals surface area contributed by atoms with Gasteiger partial charge in [-0.25, -0.2) is 9.66 Å². The molecule has 8 nitrogen and oxygen atoms in total. The summed E-state index contributed by atoms with van der Waals surface area (Å²) >= 11 is 3.03. The topological polar surface area (TPSA) is 101 Å². The molecular weight excluding hydrogens is 410 g/mol. The van der Waals surface area contributed by atoms with E-state index in [1.165, 1.54) is 16.4 Å². The summed E-state index contributed by atoms with van der Waals surface area (Å²) in [5, 5.41) is 11.0. The SMILES string of the molecule is COc1ccc(-c2nnc(SCc3nc(-c4cccs4)oc3C)n2N)c(OC)c1. The minimum atomic E-state index is 0.503. The normalized spacial score (nSPS) is 11.0. The summed E-state index contributed by atoms with van der Waals surface area (Å²) in [6.07, 6.45) is 0. The van der Waals surface area contributed by atoms with Crippen molar-refractivity contribution in [3.05, 3.63) is 47.2 Å². The maximum Gasteiger partial charge on any atom is 0.236 e. The molecule has 0 unspecified atom stereocenters. The van der Waals surface area contributed by atoms with Gasteiger partial charge in [0.1, 0.15) is 17.3 Å². The van der Waals surface area contributed by atoms with Crippen LogP contribution in [0.1, 0.15) is 11.5 Å². The number of benzene rings is 1. The van der Waals surface area contributed by atoms with Crippen LogP contribution in [0.15, 0.2) is 45.3 Å². The Morgan fingerprint density at radius 1 is 1.21 bits per heavy atom. The molecule has 0 radical (unpaired) electrons. The summed E-state index contributed by atoms with van der Waals surface area (Å²) in [6.45, 7) is 1.90. The van der Waals surface area contributed by atoms with Crippen molar-refractivity contribution in [3.63, 3.8) is 0 Å². The summed E-state index contributed by atoms with van der Waals surface area (Å²) in [7, 11) is 3.19. The molecule has 0 amide bonds. The van der Waals surface area contributed by atoms with Crippen LogP contribution >= 0.6 is 23.1 Å². The van der Waals surface area contributed by atoms with E-state index in [0.29, 0.717) is 34.1 Å². The molecule has 0 aliphatic carbocycles. The minimum absolute atomic E-state index is 0.503. The molecule has 0 saturated heterocycles. The Kier molecular flexibility index (Phi) is 5.45. The van der Waals surface area contributed by atoms with E-state index in [1.54, 1.807) is 31.6 Å². The highest BCUT2D eigenvalue weighted by atomic mass is 32.2. The number of aromatic nitrogens is 4. The van der Waals surface area contributed by atoms with Gasteiger partial charge in [-0.1, -0.05) is 17.8 Å². The first-order chi connectivity index (χ1) is 14.1. The van der Waals surface area contributed by atoms with Crippen LogP contribution in [0.4, 0.5) is 0 Å². The highest BCUT2D eigenvalue weighted by Gasteiger charge is 2.18. The molecule has 150 valence electrons. The summed E-state index contributed by atoms with van der Waals surface area (Å²) in [5.74, 6) is 10.0. The van der Waals surface area contributed by atoms with Gasteiger partial charge in [0.05, 0.1) is 30.4 Å². The number of oxazole rings is 1. The third-order valence-corrected chi connectivity index (χ3v) is 6.09. The number of thiophene rings is 1. The molecule has 3 aromatic heterocycles. The first kappa shape index (κ1) is 19.3. The lowest BCUT2D eigenvalue weighted by Crippen LogP contribution is -2.12. The molecule has 29 heavy (non-hydrogen) atoms. The van der Waals surface area contributed by atoms with Crippen molar-refractivity contribution >= 4 is 23.1 Å². The van der Waals surface area contributed by atoms with Crippen molar-refractivity contribution in [2.45, 2.75) is 17.8 Å². The largest absolute Gasteiger partial charge is 0.497 e. The third kappa shape index (κ3) is 3.81. The fourth-order valence-electron chi connectivity index (χ4n) is 2.74.